The van der Waals surface area contributed by atoms with Crippen molar-refractivity contribution >= 4 is 10.0 Å². The number of sulfonamides is 1. The zero-order valence-electron chi connectivity index (χ0n) is 13.0. The van der Waals surface area contributed by atoms with Crippen molar-refractivity contribution in [1.29, 1.82) is 0 Å². The highest BCUT2D eigenvalue weighted by atomic mass is 32.2. The molecule has 2 aliphatic carbocycles. The molecule has 0 radical (unpaired) electrons. The Labute approximate surface area is 135 Å². The lowest BCUT2D eigenvalue weighted by molar-refractivity contribution is -0.0288. The smallest absolute Gasteiger partial charge is 0.251 e. The van der Waals surface area contributed by atoms with Gasteiger partial charge in [0.1, 0.15) is 0 Å². The third kappa shape index (κ3) is 4.07. The first-order valence-corrected chi connectivity index (χ1v) is 9.84. The topological polar surface area (TPSA) is 59.1 Å². The maximum atomic E-state index is 13.6. The fraction of sp³-hybridized carbons (Fsp3) is 0.688. The first-order chi connectivity index (χ1) is 10.9. The number of aryl methyl sites for hydroxylation is 2. The van der Waals surface area contributed by atoms with Crippen LogP contribution in [-0.2, 0) is 29.4 Å². The molecule has 0 unspecified atom stereocenters. The summed E-state index contributed by atoms with van der Waals surface area (Å²) in [5.41, 5.74) is 2.91. The van der Waals surface area contributed by atoms with Gasteiger partial charge < -0.3 is 0 Å². The van der Waals surface area contributed by atoms with E-state index in [1.807, 2.05) is 12.1 Å². The second kappa shape index (κ2) is 6.43. The molecule has 0 saturated heterocycles. The molecule has 1 heterocycles. The minimum atomic E-state index is -3.73. The van der Waals surface area contributed by atoms with Gasteiger partial charge in [0, 0.05) is 18.0 Å². The van der Waals surface area contributed by atoms with Crippen LogP contribution in [-0.4, -0.2) is 25.1 Å². The van der Waals surface area contributed by atoms with Gasteiger partial charge in [-0.15, -0.1) is 0 Å². The zero-order valence-corrected chi connectivity index (χ0v) is 13.8. The standard InChI is InChI=1S/C16H22F2N2O2S/c17-16(18)9-3-5-13(16)11-23(21,22)19-10-14-8-7-12-4-1-2-6-15(12)20-14/h7-8,13,19H,1-6,9-11H2/t13-/m1/s1. The van der Waals surface area contributed by atoms with Crippen molar-refractivity contribution in [1.82, 2.24) is 9.71 Å². The third-order valence-corrected chi connectivity index (χ3v) is 6.21. The highest BCUT2D eigenvalue weighted by molar-refractivity contribution is 7.89. The first kappa shape index (κ1) is 16.8. The average molecular weight is 344 g/mol. The van der Waals surface area contributed by atoms with Crippen molar-refractivity contribution in [3.63, 3.8) is 0 Å². The second-order valence-corrected chi connectivity index (χ2v) is 8.42. The summed E-state index contributed by atoms with van der Waals surface area (Å²) >= 11 is 0. The summed E-state index contributed by atoms with van der Waals surface area (Å²) in [6, 6.07) is 3.81. The van der Waals surface area contributed by atoms with Crippen molar-refractivity contribution in [3.05, 3.63) is 29.1 Å². The number of nitrogens with one attached hydrogen (secondary N) is 1. The number of fused-ring (bicyclic) bond motifs is 1. The molecule has 0 aromatic carbocycles. The molecule has 0 aliphatic heterocycles. The first-order valence-electron chi connectivity index (χ1n) is 8.18. The predicted molar refractivity (Wildman–Crippen MR) is 83.8 cm³/mol. The molecule has 0 bridgehead atoms. The summed E-state index contributed by atoms with van der Waals surface area (Å²) in [5.74, 6) is -4.44. The van der Waals surface area contributed by atoms with Crippen molar-refractivity contribution < 1.29 is 17.2 Å². The molecule has 1 fully saturated rings. The van der Waals surface area contributed by atoms with Gasteiger partial charge >= 0.3 is 0 Å². The average Bonchev–Trinajstić information content (AvgIpc) is 2.83. The van der Waals surface area contributed by atoms with E-state index in [2.05, 4.69) is 9.71 Å². The Morgan fingerprint density at radius 2 is 2.00 bits per heavy atom. The zero-order chi connectivity index (χ0) is 16.5. The summed E-state index contributed by atoms with van der Waals surface area (Å²) in [6.07, 6.45) is 4.65. The monoisotopic (exact) mass is 344 g/mol. The fourth-order valence-corrected chi connectivity index (χ4v) is 4.86. The maximum Gasteiger partial charge on any atom is 0.251 e. The number of nitrogens with zero attached hydrogens (tertiary/aromatic N) is 1. The Morgan fingerprint density at radius 1 is 1.22 bits per heavy atom. The maximum absolute atomic E-state index is 13.6. The van der Waals surface area contributed by atoms with Crippen LogP contribution in [0.15, 0.2) is 12.1 Å². The molecule has 1 aromatic rings. The Morgan fingerprint density at radius 3 is 2.74 bits per heavy atom. The lowest BCUT2D eigenvalue weighted by Gasteiger charge is -2.19. The lowest BCUT2D eigenvalue weighted by Crippen LogP contribution is -2.35. The largest absolute Gasteiger partial charge is 0.256 e. The summed E-state index contributed by atoms with van der Waals surface area (Å²) < 4.78 is 53.7. The third-order valence-electron chi connectivity index (χ3n) is 4.79. The van der Waals surface area contributed by atoms with Gasteiger partial charge in [0.25, 0.3) is 5.92 Å². The van der Waals surface area contributed by atoms with E-state index in [0.717, 1.165) is 31.4 Å². The van der Waals surface area contributed by atoms with E-state index >= 15 is 0 Å². The number of pyridine rings is 1. The van der Waals surface area contributed by atoms with Gasteiger partial charge in [-0.2, -0.15) is 0 Å². The molecule has 4 nitrogen and oxygen atoms in total. The van der Waals surface area contributed by atoms with E-state index in [1.54, 1.807) is 0 Å². The lowest BCUT2D eigenvalue weighted by atomic mass is 9.96. The van der Waals surface area contributed by atoms with Gasteiger partial charge in [-0.3, -0.25) is 4.98 Å². The summed E-state index contributed by atoms with van der Waals surface area (Å²) in [4.78, 5) is 4.50. The van der Waals surface area contributed by atoms with Crippen molar-refractivity contribution in [2.24, 2.45) is 5.92 Å². The Hall–Kier alpha value is -1.08. The van der Waals surface area contributed by atoms with Crippen LogP contribution in [0.3, 0.4) is 0 Å². The van der Waals surface area contributed by atoms with Crippen LogP contribution >= 0.6 is 0 Å². The van der Waals surface area contributed by atoms with Gasteiger partial charge in [0.15, 0.2) is 0 Å². The van der Waals surface area contributed by atoms with Crippen molar-refractivity contribution in [2.45, 2.75) is 57.4 Å². The molecular weight excluding hydrogens is 322 g/mol. The Balaban J connectivity index is 1.61. The van der Waals surface area contributed by atoms with Crippen LogP contribution in [0.2, 0.25) is 0 Å². The number of hydrogen-bond donors (Lipinski definition) is 1. The van der Waals surface area contributed by atoms with E-state index in [9.17, 15) is 17.2 Å². The summed E-state index contributed by atoms with van der Waals surface area (Å²) in [7, 11) is -3.73. The van der Waals surface area contributed by atoms with Crippen LogP contribution < -0.4 is 4.72 Å². The quantitative estimate of drug-likeness (QED) is 0.893. The highest BCUT2D eigenvalue weighted by Crippen LogP contribution is 2.40. The Kier molecular flexibility index (Phi) is 4.69. The molecule has 0 spiro atoms. The number of halogens is 2. The van der Waals surface area contributed by atoms with Gasteiger partial charge in [0.2, 0.25) is 10.0 Å². The normalized spacial score (nSPS) is 23.7. The van der Waals surface area contributed by atoms with E-state index in [4.69, 9.17) is 0 Å². The number of aromatic nitrogens is 1. The van der Waals surface area contributed by atoms with E-state index in [0.29, 0.717) is 12.1 Å². The highest BCUT2D eigenvalue weighted by Gasteiger charge is 2.45. The van der Waals surface area contributed by atoms with Crippen LogP contribution in [0.25, 0.3) is 0 Å². The van der Waals surface area contributed by atoms with E-state index in [-0.39, 0.29) is 19.4 Å². The molecular formula is C16H22F2N2O2S. The van der Waals surface area contributed by atoms with Gasteiger partial charge in [-0.1, -0.05) is 6.07 Å². The molecule has 3 rings (SSSR count). The van der Waals surface area contributed by atoms with Gasteiger partial charge in [-0.25, -0.2) is 21.9 Å². The number of hydrogen-bond acceptors (Lipinski definition) is 3. The fourth-order valence-electron chi connectivity index (χ4n) is 3.44. The molecule has 1 atom stereocenters. The molecule has 2 aliphatic rings. The van der Waals surface area contributed by atoms with E-state index in [1.165, 1.54) is 5.56 Å². The molecule has 1 saturated carbocycles. The van der Waals surface area contributed by atoms with Crippen molar-refractivity contribution in [2.75, 3.05) is 5.75 Å². The molecule has 1 N–H and O–H groups in total. The van der Waals surface area contributed by atoms with Crippen LogP contribution in [0.1, 0.15) is 49.1 Å². The predicted octanol–water partition coefficient (Wildman–Crippen LogP) is 2.82. The van der Waals surface area contributed by atoms with E-state index < -0.39 is 27.6 Å². The number of alkyl halides is 2. The molecule has 128 valence electrons. The van der Waals surface area contributed by atoms with Crippen LogP contribution in [0, 0.1) is 5.92 Å². The van der Waals surface area contributed by atoms with Crippen molar-refractivity contribution in [3.8, 4) is 0 Å². The van der Waals surface area contributed by atoms with Gasteiger partial charge in [-0.05, 0) is 50.2 Å². The minimum absolute atomic E-state index is 0.0634. The Bertz CT molecular complexity index is 677. The van der Waals surface area contributed by atoms with Gasteiger partial charge in [0.05, 0.1) is 18.0 Å². The molecule has 1 aromatic heterocycles. The molecule has 0 amide bonds. The molecule has 7 heteroatoms. The number of rotatable bonds is 5. The SMILES string of the molecule is O=S(=O)(C[C@H]1CCCC1(F)F)NCc1ccc2c(n1)CCCC2. The summed E-state index contributed by atoms with van der Waals surface area (Å²) in [5, 5.41) is 0. The minimum Gasteiger partial charge on any atom is -0.256 e. The van der Waals surface area contributed by atoms with Crippen LogP contribution in [0.5, 0.6) is 0 Å². The molecule has 23 heavy (non-hydrogen) atoms. The second-order valence-electron chi connectivity index (χ2n) is 6.57. The summed E-state index contributed by atoms with van der Waals surface area (Å²) in [6.45, 7) is 0.0634. The van der Waals surface area contributed by atoms with Crippen LogP contribution in [0.4, 0.5) is 8.78 Å².